The lowest BCUT2D eigenvalue weighted by atomic mass is 9.94. The molecule has 0 N–H and O–H groups in total. The van der Waals surface area contributed by atoms with E-state index in [0.29, 0.717) is 12.4 Å². The topological polar surface area (TPSA) is 59.2 Å². The summed E-state index contributed by atoms with van der Waals surface area (Å²) in [6, 6.07) is 19.1. The zero-order valence-electron chi connectivity index (χ0n) is 15.3. The number of nitrogens with zero attached hydrogens (tertiary/aromatic N) is 3. The van der Waals surface area contributed by atoms with E-state index in [0.717, 1.165) is 24.0 Å². The summed E-state index contributed by atoms with van der Waals surface area (Å²) in [5.41, 5.74) is -0.503. The summed E-state index contributed by atoms with van der Waals surface area (Å²) in [7, 11) is 0. The van der Waals surface area contributed by atoms with E-state index >= 15 is 4.39 Å². The third-order valence-corrected chi connectivity index (χ3v) is 5.84. The number of amides is 1. The third-order valence-electron chi connectivity index (χ3n) is 5.84. The van der Waals surface area contributed by atoms with E-state index in [1.54, 1.807) is 4.90 Å². The average molecular weight is 377 g/mol. The second kappa shape index (κ2) is 6.26. The minimum absolute atomic E-state index is 0.00463. The Balaban J connectivity index is 1.36. The minimum Gasteiger partial charge on any atom is -0.338 e. The van der Waals surface area contributed by atoms with Gasteiger partial charge in [0, 0.05) is 18.5 Å². The molecule has 2 heterocycles. The predicted octanol–water partition coefficient (Wildman–Crippen LogP) is 3.87. The van der Waals surface area contributed by atoms with Crippen molar-refractivity contribution in [2.24, 2.45) is 0 Å². The van der Waals surface area contributed by atoms with Gasteiger partial charge in [0.15, 0.2) is 5.67 Å². The van der Waals surface area contributed by atoms with E-state index in [9.17, 15) is 4.79 Å². The number of likely N-dealkylation sites (tertiary alicyclic amines) is 1. The van der Waals surface area contributed by atoms with Crippen molar-refractivity contribution in [3.63, 3.8) is 0 Å². The van der Waals surface area contributed by atoms with Crippen LogP contribution in [0.2, 0.25) is 0 Å². The molecule has 1 unspecified atom stereocenters. The number of hydrogen-bond donors (Lipinski definition) is 0. The van der Waals surface area contributed by atoms with Crippen LogP contribution in [0, 0.1) is 0 Å². The smallest absolute Gasteiger partial charge is 0.258 e. The van der Waals surface area contributed by atoms with E-state index in [-0.39, 0.29) is 24.7 Å². The zero-order valence-corrected chi connectivity index (χ0v) is 15.3. The summed E-state index contributed by atoms with van der Waals surface area (Å²) in [5, 5.41) is 3.88. The SMILES string of the molecule is O=C(N1CCC(F)(c2noc(-c3ccccc3)n2)C1)C1(c2ccccc2)CC1. The van der Waals surface area contributed by atoms with Crippen molar-refractivity contribution in [1.82, 2.24) is 15.0 Å². The highest BCUT2D eigenvalue weighted by Gasteiger charge is 2.56. The van der Waals surface area contributed by atoms with Crippen LogP contribution in [0.3, 0.4) is 0 Å². The molecule has 1 aromatic heterocycles. The van der Waals surface area contributed by atoms with Crippen molar-refractivity contribution < 1.29 is 13.7 Å². The molecule has 2 aliphatic rings. The maximum atomic E-state index is 15.6. The molecule has 5 rings (SSSR count). The zero-order chi connectivity index (χ0) is 19.2. The summed E-state index contributed by atoms with van der Waals surface area (Å²) in [6.45, 7) is 0.327. The molecule has 28 heavy (non-hydrogen) atoms. The third kappa shape index (κ3) is 2.71. The molecule has 1 saturated heterocycles. The van der Waals surface area contributed by atoms with Crippen LogP contribution < -0.4 is 0 Å². The predicted molar refractivity (Wildman–Crippen MR) is 101 cm³/mol. The van der Waals surface area contributed by atoms with Crippen molar-refractivity contribution in [3.05, 3.63) is 72.1 Å². The van der Waals surface area contributed by atoms with Crippen LogP contribution in [-0.2, 0) is 15.9 Å². The Morgan fingerprint density at radius 3 is 2.36 bits per heavy atom. The van der Waals surface area contributed by atoms with E-state index in [1.807, 2.05) is 60.7 Å². The molecule has 1 amide bonds. The molecule has 2 fully saturated rings. The number of halogens is 1. The molecule has 3 aromatic rings. The summed E-state index contributed by atoms with van der Waals surface area (Å²) < 4.78 is 20.9. The van der Waals surface area contributed by atoms with Gasteiger partial charge in [-0.3, -0.25) is 4.79 Å². The van der Waals surface area contributed by atoms with Crippen molar-refractivity contribution in [2.75, 3.05) is 13.1 Å². The molecule has 5 nitrogen and oxygen atoms in total. The largest absolute Gasteiger partial charge is 0.338 e. The Kier molecular flexibility index (Phi) is 3.82. The Morgan fingerprint density at radius 1 is 1.00 bits per heavy atom. The average Bonchev–Trinajstić information content (AvgIpc) is 3.21. The number of carbonyl (C=O) groups is 1. The van der Waals surface area contributed by atoms with Gasteiger partial charge in [-0.25, -0.2) is 4.39 Å². The molecular formula is C22H20FN3O2. The Bertz CT molecular complexity index is 1000. The minimum atomic E-state index is -1.78. The first-order chi connectivity index (χ1) is 13.6. The second-order valence-electron chi connectivity index (χ2n) is 7.68. The molecule has 142 valence electrons. The summed E-state index contributed by atoms with van der Waals surface area (Å²) in [4.78, 5) is 19.1. The van der Waals surface area contributed by atoms with Gasteiger partial charge in [-0.15, -0.1) is 0 Å². The van der Waals surface area contributed by atoms with Crippen LogP contribution in [0.25, 0.3) is 11.5 Å². The van der Waals surface area contributed by atoms with E-state index < -0.39 is 11.1 Å². The number of benzene rings is 2. The molecule has 0 spiro atoms. The van der Waals surface area contributed by atoms with E-state index in [2.05, 4.69) is 10.1 Å². The van der Waals surface area contributed by atoms with Crippen molar-refractivity contribution in [1.29, 1.82) is 0 Å². The lowest BCUT2D eigenvalue weighted by molar-refractivity contribution is -0.133. The first-order valence-electron chi connectivity index (χ1n) is 9.54. The maximum absolute atomic E-state index is 15.6. The van der Waals surface area contributed by atoms with Crippen LogP contribution in [0.1, 0.15) is 30.7 Å². The fourth-order valence-electron chi connectivity index (χ4n) is 4.04. The quantitative estimate of drug-likeness (QED) is 0.693. The summed E-state index contributed by atoms with van der Waals surface area (Å²) >= 11 is 0. The van der Waals surface area contributed by atoms with Crippen molar-refractivity contribution >= 4 is 5.91 Å². The van der Waals surface area contributed by atoms with Gasteiger partial charge in [0.25, 0.3) is 5.89 Å². The standard InChI is InChI=1S/C22H20FN3O2/c23-22(19-24-18(28-25-19)16-7-3-1-4-8-16)13-14-26(15-22)20(27)21(11-12-21)17-9-5-2-6-10-17/h1-10H,11-15H2. The molecule has 1 aliphatic carbocycles. The molecule has 2 aromatic carbocycles. The number of carbonyl (C=O) groups excluding carboxylic acids is 1. The summed E-state index contributed by atoms with van der Waals surface area (Å²) in [6.07, 6.45) is 1.80. The fraction of sp³-hybridized carbons (Fsp3) is 0.318. The second-order valence-corrected chi connectivity index (χ2v) is 7.68. The molecule has 0 radical (unpaired) electrons. The first-order valence-corrected chi connectivity index (χ1v) is 9.54. The Labute approximate surface area is 162 Å². The molecule has 1 aliphatic heterocycles. The van der Waals surface area contributed by atoms with Crippen molar-refractivity contribution in [3.8, 4) is 11.5 Å². The van der Waals surface area contributed by atoms with Gasteiger partial charge >= 0.3 is 0 Å². The van der Waals surface area contributed by atoms with E-state index in [1.165, 1.54) is 0 Å². The van der Waals surface area contributed by atoms with Gasteiger partial charge in [-0.2, -0.15) is 4.98 Å². The fourth-order valence-corrected chi connectivity index (χ4v) is 4.04. The maximum Gasteiger partial charge on any atom is 0.258 e. The normalized spacial score (nSPS) is 23.0. The van der Waals surface area contributed by atoms with Gasteiger partial charge in [0.1, 0.15) is 0 Å². The Hall–Kier alpha value is -3.02. The first kappa shape index (κ1) is 17.1. The highest BCUT2D eigenvalue weighted by molar-refractivity contribution is 5.91. The number of alkyl halides is 1. The van der Waals surface area contributed by atoms with Gasteiger partial charge in [0.05, 0.1) is 12.0 Å². The molecule has 1 atom stereocenters. The monoisotopic (exact) mass is 377 g/mol. The van der Waals surface area contributed by atoms with Gasteiger partial charge in [-0.05, 0) is 30.5 Å². The lowest BCUT2D eigenvalue weighted by Gasteiger charge is -2.24. The van der Waals surface area contributed by atoms with Crippen LogP contribution >= 0.6 is 0 Å². The van der Waals surface area contributed by atoms with Crippen LogP contribution in [0.5, 0.6) is 0 Å². The van der Waals surface area contributed by atoms with Gasteiger partial charge in [0.2, 0.25) is 11.7 Å². The van der Waals surface area contributed by atoms with Crippen LogP contribution in [0.4, 0.5) is 4.39 Å². The number of aromatic nitrogens is 2. The van der Waals surface area contributed by atoms with Gasteiger partial charge < -0.3 is 9.42 Å². The van der Waals surface area contributed by atoms with Gasteiger partial charge in [-0.1, -0.05) is 53.7 Å². The summed E-state index contributed by atoms with van der Waals surface area (Å²) in [5.74, 6) is 0.316. The molecule has 1 saturated carbocycles. The number of hydrogen-bond acceptors (Lipinski definition) is 4. The molecular weight excluding hydrogens is 357 g/mol. The highest BCUT2D eigenvalue weighted by Crippen LogP contribution is 2.51. The van der Waals surface area contributed by atoms with Crippen molar-refractivity contribution in [2.45, 2.75) is 30.3 Å². The number of rotatable bonds is 4. The lowest BCUT2D eigenvalue weighted by Crippen LogP contribution is -2.39. The highest BCUT2D eigenvalue weighted by atomic mass is 19.1. The molecule has 0 bridgehead atoms. The Morgan fingerprint density at radius 2 is 1.68 bits per heavy atom. The molecule has 6 heteroatoms. The van der Waals surface area contributed by atoms with Crippen LogP contribution in [0.15, 0.2) is 65.2 Å². The van der Waals surface area contributed by atoms with Crippen LogP contribution in [-0.4, -0.2) is 34.0 Å². The van der Waals surface area contributed by atoms with E-state index in [4.69, 9.17) is 4.52 Å².